The highest BCUT2D eigenvalue weighted by atomic mass is 16.5. The number of nitrogens with one attached hydrogen (secondary N) is 4. The standard InChI is InChI=1S/C53H84N8O12/c1-12-35(6)48(40(72-10)32-45(66)60-30-19-23-39(60)49(73-11)36(7)50(67)54-38(53(70)71)31-37-21-15-13-16-22-37)59(9)52(69)46(33(2)3)55-51(68)47(34(4)5)58(8)28-20-25-42(63)57-56-41(62)24-17-14-18-29-61-43(64)26-27-44(61)65/h13,15-16,21-22,26-27,33-36,38-40,46-49H,12,14,17-20,23-25,28-32H2,1-11H3,(H,54,67)(H,55,68)(H,56,62)(H,57,63)(H,70,71)/t35-,36+,38-,39-,40+,46-,47-,48-,49+/m0/s1. The van der Waals surface area contributed by atoms with Gasteiger partial charge in [0.1, 0.15) is 12.1 Å². The van der Waals surface area contributed by atoms with Gasteiger partial charge in [0.25, 0.3) is 11.8 Å². The number of hydrogen-bond donors (Lipinski definition) is 5. The molecule has 0 aromatic heterocycles. The maximum Gasteiger partial charge on any atom is 0.326 e. The zero-order valence-electron chi connectivity index (χ0n) is 45.0. The van der Waals surface area contributed by atoms with Crippen LogP contribution in [0.15, 0.2) is 42.5 Å². The molecule has 1 aromatic carbocycles. The van der Waals surface area contributed by atoms with E-state index in [-0.39, 0.29) is 85.4 Å². The second kappa shape index (κ2) is 30.5. The third kappa shape index (κ3) is 18.3. The Hall–Kier alpha value is -5.73. The molecular formula is C53H84N8O12. The summed E-state index contributed by atoms with van der Waals surface area (Å²) in [6.07, 6.45) is 5.19. The molecule has 0 bridgehead atoms. The third-order valence-electron chi connectivity index (χ3n) is 14.2. The Morgan fingerprint density at radius 3 is 1.96 bits per heavy atom. The van der Waals surface area contributed by atoms with Crippen LogP contribution in [0.1, 0.15) is 118 Å². The molecule has 5 N–H and O–H groups in total. The Morgan fingerprint density at radius 2 is 1.41 bits per heavy atom. The van der Waals surface area contributed by atoms with E-state index in [0.29, 0.717) is 58.0 Å². The molecule has 3 rings (SSSR count). The number of hydrazine groups is 1. The smallest absolute Gasteiger partial charge is 0.326 e. The number of methoxy groups -OCH3 is 2. The van der Waals surface area contributed by atoms with Gasteiger partial charge in [0.05, 0.1) is 42.7 Å². The van der Waals surface area contributed by atoms with Gasteiger partial charge in [-0.05, 0) is 69.0 Å². The van der Waals surface area contributed by atoms with Crippen molar-refractivity contribution >= 4 is 53.2 Å². The molecule has 1 aromatic rings. The maximum absolute atomic E-state index is 14.6. The van der Waals surface area contributed by atoms with Gasteiger partial charge in [-0.2, -0.15) is 0 Å². The minimum Gasteiger partial charge on any atom is -0.480 e. The van der Waals surface area contributed by atoms with Crippen LogP contribution < -0.4 is 21.5 Å². The number of benzene rings is 1. The Bertz CT molecular complexity index is 2030. The Kier molecular flexibility index (Phi) is 25.7. The number of nitrogens with zero attached hydrogens (tertiary/aromatic N) is 4. The van der Waals surface area contributed by atoms with Crippen molar-refractivity contribution in [2.24, 2.45) is 23.7 Å². The molecule has 73 heavy (non-hydrogen) atoms. The number of carbonyl (C=O) groups is 9. The molecule has 9 atom stereocenters. The van der Waals surface area contributed by atoms with Crippen LogP contribution in [0.2, 0.25) is 0 Å². The second-order valence-corrected chi connectivity index (χ2v) is 20.3. The molecule has 0 unspecified atom stereocenters. The summed E-state index contributed by atoms with van der Waals surface area (Å²) in [5.41, 5.74) is 5.61. The van der Waals surface area contributed by atoms with Crippen molar-refractivity contribution < 1.29 is 57.7 Å². The normalized spacial score (nSPS) is 18.0. The van der Waals surface area contributed by atoms with E-state index in [9.17, 15) is 48.3 Å². The molecule has 0 radical (unpaired) electrons. The number of rotatable bonds is 31. The lowest BCUT2D eigenvalue weighted by Gasteiger charge is -2.41. The van der Waals surface area contributed by atoms with Crippen molar-refractivity contribution in [3.05, 3.63) is 48.0 Å². The lowest BCUT2D eigenvalue weighted by molar-refractivity contribution is -0.148. The lowest BCUT2D eigenvalue weighted by atomic mass is 9.89. The van der Waals surface area contributed by atoms with Gasteiger partial charge in [-0.1, -0.05) is 91.6 Å². The molecule has 0 aliphatic carbocycles. The number of carboxylic acids is 1. The largest absolute Gasteiger partial charge is 0.480 e. The molecule has 1 fully saturated rings. The van der Waals surface area contributed by atoms with Gasteiger partial charge in [-0.25, -0.2) is 4.79 Å². The Morgan fingerprint density at radius 1 is 0.795 bits per heavy atom. The van der Waals surface area contributed by atoms with Crippen LogP contribution in [0.4, 0.5) is 0 Å². The van der Waals surface area contributed by atoms with E-state index in [1.807, 2.05) is 52.5 Å². The van der Waals surface area contributed by atoms with Crippen LogP contribution in [-0.2, 0) is 59.0 Å². The fraction of sp³-hybridized carbons (Fsp3) is 0.679. The van der Waals surface area contributed by atoms with Crippen molar-refractivity contribution in [1.82, 2.24) is 41.1 Å². The predicted octanol–water partition coefficient (Wildman–Crippen LogP) is 3.23. The Labute approximate surface area is 432 Å². The van der Waals surface area contributed by atoms with Crippen molar-refractivity contribution in [3.63, 3.8) is 0 Å². The molecular weight excluding hydrogens is 941 g/mol. The molecule has 0 spiro atoms. The minimum absolute atomic E-state index is 0.0766. The molecule has 2 aliphatic rings. The maximum atomic E-state index is 14.6. The van der Waals surface area contributed by atoms with Crippen molar-refractivity contribution in [1.29, 1.82) is 0 Å². The third-order valence-corrected chi connectivity index (χ3v) is 14.2. The van der Waals surface area contributed by atoms with Crippen LogP contribution in [0.5, 0.6) is 0 Å². The summed E-state index contributed by atoms with van der Waals surface area (Å²) in [5.74, 6) is -5.47. The first-order valence-electron chi connectivity index (χ1n) is 25.9. The van der Waals surface area contributed by atoms with Crippen LogP contribution in [0.25, 0.3) is 0 Å². The highest BCUT2D eigenvalue weighted by Gasteiger charge is 2.44. The van der Waals surface area contributed by atoms with E-state index in [0.717, 1.165) is 10.5 Å². The summed E-state index contributed by atoms with van der Waals surface area (Å²) in [5, 5.41) is 15.7. The van der Waals surface area contributed by atoms with Crippen LogP contribution in [0.3, 0.4) is 0 Å². The Balaban J connectivity index is 1.60. The van der Waals surface area contributed by atoms with E-state index in [1.54, 1.807) is 55.1 Å². The SMILES string of the molecule is CC[C@H](C)[C@@H]([C@@H](CC(=O)N1CCC[C@H]1[C@H](OC)[C@@H](C)C(=O)N[C@@H](Cc1ccccc1)C(=O)O)OC)N(C)C(=O)[C@@H](NC(=O)[C@H](C(C)C)N(C)CCCC(=O)NNC(=O)CCCCCN1C(=O)C=CC1=O)C(C)C. The van der Waals surface area contributed by atoms with Crippen molar-refractivity contribution in [2.45, 2.75) is 162 Å². The zero-order chi connectivity index (χ0) is 54.5. The van der Waals surface area contributed by atoms with Gasteiger partial charge < -0.3 is 35.0 Å². The van der Waals surface area contributed by atoms with Gasteiger partial charge in [-0.3, -0.25) is 59.0 Å². The molecule has 1 saturated heterocycles. The molecule has 2 aliphatic heterocycles. The number of amides is 8. The number of likely N-dealkylation sites (tertiary alicyclic amines) is 1. The average molecular weight is 1030 g/mol. The highest BCUT2D eigenvalue weighted by Crippen LogP contribution is 2.30. The van der Waals surface area contributed by atoms with Crippen LogP contribution in [0, 0.1) is 23.7 Å². The fourth-order valence-corrected chi connectivity index (χ4v) is 9.92. The summed E-state index contributed by atoms with van der Waals surface area (Å²) >= 11 is 0. The monoisotopic (exact) mass is 1020 g/mol. The molecule has 20 heteroatoms. The van der Waals surface area contributed by atoms with Gasteiger partial charge in [0.15, 0.2) is 0 Å². The first-order valence-corrected chi connectivity index (χ1v) is 25.9. The summed E-state index contributed by atoms with van der Waals surface area (Å²) in [6.45, 7) is 14.2. The average Bonchev–Trinajstić information content (AvgIpc) is 3.97. The summed E-state index contributed by atoms with van der Waals surface area (Å²) in [6, 6.07) is 5.23. The number of ether oxygens (including phenoxy) is 2. The fourth-order valence-electron chi connectivity index (χ4n) is 9.92. The van der Waals surface area contributed by atoms with Gasteiger partial charge in [-0.15, -0.1) is 0 Å². The van der Waals surface area contributed by atoms with E-state index >= 15 is 0 Å². The minimum atomic E-state index is -1.16. The summed E-state index contributed by atoms with van der Waals surface area (Å²) < 4.78 is 11.9. The topological polar surface area (TPSA) is 253 Å². The summed E-state index contributed by atoms with van der Waals surface area (Å²) in [7, 11) is 6.43. The first-order chi connectivity index (χ1) is 34.6. The van der Waals surface area contributed by atoms with E-state index in [4.69, 9.17) is 9.47 Å². The lowest BCUT2D eigenvalue weighted by Crippen LogP contribution is -2.60. The number of aliphatic carboxylic acids is 1. The first kappa shape index (κ1) is 61.6. The number of carbonyl (C=O) groups excluding carboxylic acids is 8. The number of carboxylic acid groups (broad SMARTS) is 1. The number of likely N-dealkylation sites (N-methyl/N-ethyl adjacent to an activating group) is 2. The molecule has 0 saturated carbocycles. The van der Waals surface area contributed by atoms with E-state index in [2.05, 4.69) is 21.5 Å². The summed E-state index contributed by atoms with van der Waals surface area (Å²) in [4.78, 5) is 124. The second-order valence-electron chi connectivity index (χ2n) is 20.3. The number of hydrogen-bond acceptors (Lipinski definition) is 12. The molecule has 8 amide bonds. The highest BCUT2D eigenvalue weighted by molar-refractivity contribution is 6.12. The molecule has 20 nitrogen and oxygen atoms in total. The van der Waals surface area contributed by atoms with Gasteiger partial charge in [0.2, 0.25) is 35.4 Å². The van der Waals surface area contributed by atoms with Crippen LogP contribution >= 0.6 is 0 Å². The van der Waals surface area contributed by atoms with Crippen molar-refractivity contribution in [3.8, 4) is 0 Å². The zero-order valence-corrected chi connectivity index (χ0v) is 45.0. The van der Waals surface area contributed by atoms with E-state index in [1.165, 1.54) is 26.4 Å². The van der Waals surface area contributed by atoms with Gasteiger partial charge in [0, 0.05) is 65.8 Å². The molecule has 2 heterocycles. The predicted molar refractivity (Wildman–Crippen MR) is 274 cm³/mol. The van der Waals surface area contributed by atoms with Gasteiger partial charge >= 0.3 is 5.97 Å². The number of unbranched alkanes of at least 4 members (excludes halogenated alkanes) is 2. The molecule has 408 valence electrons. The van der Waals surface area contributed by atoms with Crippen LogP contribution in [-0.4, -0.2) is 168 Å². The quantitative estimate of drug-likeness (QED) is 0.0408. The number of imide groups is 1. The van der Waals surface area contributed by atoms with Crippen molar-refractivity contribution in [2.75, 3.05) is 47.9 Å². The van der Waals surface area contributed by atoms with E-state index < -0.39 is 66.1 Å².